The zero-order chi connectivity index (χ0) is 25.1. The van der Waals surface area contributed by atoms with Crippen molar-refractivity contribution in [2.75, 3.05) is 13.2 Å². The minimum atomic E-state index is -0.917. The van der Waals surface area contributed by atoms with E-state index in [9.17, 15) is 9.59 Å². The number of ether oxygens (including phenoxy) is 2. The van der Waals surface area contributed by atoms with E-state index in [-0.39, 0.29) is 11.1 Å². The van der Waals surface area contributed by atoms with Crippen molar-refractivity contribution >= 4 is 11.9 Å². The first-order valence-corrected chi connectivity index (χ1v) is 13.0. The van der Waals surface area contributed by atoms with Gasteiger partial charge in [0, 0.05) is 0 Å². The standard InChI is InChI=1S/C29H40O6/c30-28(31)24-14-18-26(19-15-24)34-22-12-10-8-6-4-2-1-3-5-7-9-11-13-23-35-27-20-16-25(17-21-27)29(32)33/h14-21H,1-13,22-23H2,(H,30,31)(H,32,33). The number of hydrogen-bond donors (Lipinski definition) is 2. The number of carbonyl (C=O) groups is 2. The Bertz CT molecular complexity index is 773. The number of benzene rings is 2. The molecule has 0 aliphatic rings. The monoisotopic (exact) mass is 484 g/mol. The Hall–Kier alpha value is -3.02. The van der Waals surface area contributed by atoms with Gasteiger partial charge in [-0.25, -0.2) is 9.59 Å². The molecule has 0 aliphatic heterocycles. The highest BCUT2D eigenvalue weighted by Gasteiger charge is 2.03. The van der Waals surface area contributed by atoms with E-state index in [2.05, 4.69) is 0 Å². The average molecular weight is 485 g/mol. The maximum absolute atomic E-state index is 10.8. The quantitative estimate of drug-likeness (QED) is 0.188. The number of carboxylic acid groups (broad SMARTS) is 2. The van der Waals surface area contributed by atoms with Crippen LogP contribution in [-0.4, -0.2) is 35.4 Å². The van der Waals surface area contributed by atoms with Crippen molar-refractivity contribution in [2.24, 2.45) is 0 Å². The van der Waals surface area contributed by atoms with Crippen molar-refractivity contribution in [3.63, 3.8) is 0 Å². The van der Waals surface area contributed by atoms with E-state index in [0.717, 1.165) is 24.3 Å². The molecule has 0 atom stereocenters. The summed E-state index contributed by atoms with van der Waals surface area (Å²) in [7, 11) is 0. The predicted octanol–water partition coefficient (Wildman–Crippen LogP) is 7.61. The molecule has 0 aliphatic carbocycles. The molecule has 2 rings (SSSR count). The minimum absolute atomic E-state index is 0.281. The molecule has 0 aromatic heterocycles. The topological polar surface area (TPSA) is 93.1 Å². The third kappa shape index (κ3) is 12.9. The van der Waals surface area contributed by atoms with E-state index in [4.69, 9.17) is 19.7 Å². The Morgan fingerprint density at radius 2 is 0.714 bits per heavy atom. The van der Waals surface area contributed by atoms with Crippen LogP contribution in [0.25, 0.3) is 0 Å². The maximum atomic E-state index is 10.8. The molecule has 0 bridgehead atoms. The van der Waals surface area contributed by atoms with Crippen LogP contribution in [0.1, 0.15) is 104 Å². The summed E-state index contributed by atoms with van der Waals surface area (Å²) in [5.41, 5.74) is 0.562. The molecule has 35 heavy (non-hydrogen) atoms. The SMILES string of the molecule is O=C(O)c1ccc(OCCCCCCCCCCCCCCCOc2ccc(C(=O)O)cc2)cc1. The van der Waals surface area contributed by atoms with Gasteiger partial charge in [-0.3, -0.25) is 0 Å². The van der Waals surface area contributed by atoms with Gasteiger partial charge in [-0.2, -0.15) is 0 Å². The third-order valence-electron chi connectivity index (χ3n) is 6.03. The Morgan fingerprint density at radius 3 is 0.971 bits per heavy atom. The van der Waals surface area contributed by atoms with Crippen LogP contribution >= 0.6 is 0 Å². The predicted molar refractivity (Wildman–Crippen MR) is 138 cm³/mol. The fraction of sp³-hybridized carbons (Fsp3) is 0.517. The van der Waals surface area contributed by atoms with Gasteiger partial charge in [-0.15, -0.1) is 0 Å². The molecule has 6 nitrogen and oxygen atoms in total. The van der Waals surface area contributed by atoms with Crippen molar-refractivity contribution in [3.05, 3.63) is 59.7 Å². The van der Waals surface area contributed by atoms with Gasteiger partial charge in [0.2, 0.25) is 0 Å². The molecule has 0 saturated carbocycles. The van der Waals surface area contributed by atoms with Crippen molar-refractivity contribution in [1.82, 2.24) is 0 Å². The van der Waals surface area contributed by atoms with Crippen LogP contribution in [-0.2, 0) is 0 Å². The Balaban J connectivity index is 1.30. The molecule has 0 saturated heterocycles. The first kappa shape index (κ1) is 28.2. The largest absolute Gasteiger partial charge is 0.494 e. The summed E-state index contributed by atoms with van der Waals surface area (Å²) < 4.78 is 11.3. The van der Waals surface area contributed by atoms with Gasteiger partial charge in [0.1, 0.15) is 11.5 Å². The number of hydrogen-bond acceptors (Lipinski definition) is 4. The van der Waals surface area contributed by atoms with E-state index < -0.39 is 11.9 Å². The molecule has 0 amide bonds. The third-order valence-corrected chi connectivity index (χ3v) is 6.03. The lowest BCUT2D eigenvalue weighted by Gasteiger charge is -2.07. The van der Waals surface area contributed by atoms with Crippen LogP contribution in [0.3, 0.4) is 0 Å². The number of rotatable bonds is 20. The lowest BCUT2D eigenvalue weighted by molar-refractivity contribution is 0.0686. The van der Waals surface area contributed by atoms with Gasteiger partial charge < -0.3 is 19.7 Å². The Labute approximate surface area is 209 Å². The van der Waals surface area contributed by atoms with Crippen LogP contribution in [0.2, 0.25) is 0 Å². The number of carboxylic acids is 2. The van der Waals surface area contributed by atoms with E-state index >= 15 is 0 Å². The lowest BCUT2D eigenvalue weighted by atomic mass is 10.0. The van der Waals surface area contributed by atoms with Gasteiger partial charge in [-0.1, -0.05) is 70.6 Å². The Morgan fingerprint density at radius 1 is 0.457 bits per heavy atom. The molecule has 2 aromatic rings. The highest BCUT2D eigenvalue weighted by atomic mass is 16.5. The summed E-state index contributed by atoms with van der Waals surface area (Å²) in [6, 6.07) is 13.1. The first-order valence-electron chi connectivity index (χ1n) is 13.0. The van der Waals surface area contributed by atoms with Crippen LogP contribution in [0.5, 0.6) is 11.5 Å². The summed E-state index contributed by atoms with van der Waals surface area (Å²) in [5, 5.41) is 17.8. The second-order valence-electron chi connectivity index (χ2n) is 8.95. The average Bonchev–Trinajstić information content (AvgIpc) is 2.86. The van der Waals surface area contributed by atoms with E-state index in [1.165, 1.54) is 70.6 Å². The van der Waals surface area contributed by atoms with E-state index in [1.54, 1.807) is 48.5 Å². The van der Waals surface area contributed by atoms with Gasteiger partial charge in [0.25, 0.3) is 0 Å². The fourth-order valence-corrected chi connectivity index (χ4v) is 3.92. The number of unbranched alkanes of at least 4 members (excludes halogenated alkanes) is 12. The maximum Gasteiger partial charge on any atom is 0.335 e. The molecular formula is C29H40O6. The van der Waals surface area contributed by atoms with Crippen molar-refractivity contribution in [1.29, 1.82) is 0 Å². The summed E-state index contributed by atoms with van der Waals surface area (Å²) in [4.78, 5) is 21.7. The second kappa shape index (κ2) is 17.4. The molecule has 6 heteroatoms. The highest BCUT2D eigenvalue weighted by molar-refractivity contribution is 5.88. The first-order chi connectivity index (χ1) is 17.1. The molecule has 2 N–H and O–H groups in total. The molecule has 0 radical (unpaired) electrons. The molecule has 192 valence electrons. The minimum Gasteiger partial charge on any atom is -0.494 e. The second-order valence-corrected chi connectivity index (χ2v) is 8.95. The Kier molecular flexibility index (Phi) is 14.0. The van der Waals surface area contributed by atoms with Gasteiger partial charge >= 0.3 is 11.9 Å². The summed E-state index contributed by atoms with van der Waals surface area (Å²) in [6.45, 7) is 1.36. The van der Waals surface area contributed by atoms with Crippen molar-refractivity contribution < 1.29 is 29.3 Å². The van der Waals surface area contributed by atoms with E-state index in [0.29, 0.717) is 13.2 Å². The normalized spacial score (nSPS) is 10.7. The highest BCUT2D eigenvalue weighted by Crippen LogP contribution is 2.16. The zero-order valence-electron chi connectivity index (χ0n) is 20.8. The lowest BCUT2D eigenvalue weighted by Crippen LogP contribution is -1.99. The smallest absolute Gasteiger partial charge is 0.335 e. The van der Waals surface area contributed by atoms with Crippen molar-refractivity contribution in [2.45, 2.75) is 83.5 Å². The zero-order valence-corrected chi connectivity index (χ0v) is 20.8. The molecular weight excluding hydrogens is 444 g/mol. The fourth-order valence-electron chi connectivity index (χ4n) is 3.92. The van der Waals surface area contributed by atoms with Crippen LogP contribution in [0.4, 0.5) is 0 Å². The van der Waals surface area contributed by atoms with Crippen molar-refractivity contribution in [3.8, 4) is 11.5 Å². The molecule has 0 fully saturated rings. The van der Waals surface area contributed by atoms with Crippen LogP contribution in [0, 0.1) is 0 Å². The summed E-state index contributed by atoms with van der Waals surface area (Å²) in [6.07, 6.45) is 16.0. The van der Waals surface area contributed by atoms with Crippen LogP contribution in [0.15, 0.2) is 48.5 Å². The van der Waals surface area contributed by atoms with Gasteiger partial charge in [0.15, 0.2) is 0 Å². The van der Waals surface area contributed by atoms with Gasteiger partial charge in [-0.05, 0) is 61.4 Å². The summed E-state index contributed by atoms with van der Waals surface area (Å²) in [5.74, 6) is -0.375. The van der Waals surface area contributed by atoms with Crippen LogP contribution < -0.4 is 9.47 Å². The van der Waals surface area contributed by atoms with Gasteiger partial charge in [0.05, 0.1) is 24.3 Å². The molecule has 0 heterocycles. The molecule has 0 unspecified atom stereocenters. The number of aromatic carboxylic acids is 2. The molecule has 0 spiro atoms. The molecule has 2 aromatic carbocycles. The summed E-state index contributed by atoms with van der Waals surface area (Å²) >= 11 is 0. The van der Waals surface area contributed by atoms with E-state index in [1.807, 2.05) is 0 Å².